The summed E-state index contributed by atoms with van der Waals surface area (Å²) in [5.74, 6) is 0.249. The van der Waals surface area contributed by atoms with Gasteiger partial charge in [-0.25, -0.2) is 4.98 Å². The summed E-state index contributed by atoms with van der Waals surface area (Å²) in [5.41, 5.74) is -0.0743. The predicted molar refractivity (Wildman–Crippen MR) is 63.4 cm³/mol. The number of hydrogen-bond acceptors (Lipinski definition) is 5. The molecule has 2 rings (SSSR count). The first-order chi connectivity index (χ1) is 8.13. The summed E-state index contributed by atoms with van der Waals surface area (Å²) in [6, 6.07) is 2.97. The van der Waals surface area contributed by atoms with E-state index in [1.165, 1.54) is 12.1 Å². The lowest BCUT2D eigenvalue weighted by Gasteiger charge is -2.21. The number of aliphatic hydroxyl groups is 1. The van der Waals surface area contributed by atoms with E-state index in [0.717, 1.165) is 12.8 Å². The Morgan fingerprint density at radius 2 is 2.29 bits per heavy atom. The number of nitrogens with zero attached hydrogens (tertiary/aromatic N) is 3. The van der Waals surface area contributed by atoms with E-state index in [9.17, 15) is 10.1 Å². The van der Waals surface area contributed by atoms with Crippen LogP contribution in [-0.2, 0) is 0 Å². The van der Waals surface area contributed by atoms with Crippen molar-refractivity contribution < 1.29 is 10.0 Å². The van der Waals surface area contributed by atoms with Gasteiger partial charge in [0.25, 0.3) is 0 Å². The zero-order valence-corrected chi connectivity index (χ0v) is 9.80. The third kappa shape index (κ3) is 2.65. The zero-order chi connectivity index (χ0) is 12.4. The molecule has 0 aliphatic heterocycles. The molecule has 0 bridgehead atoms. The monoisotopic (exact) mass is 257 g/mol. The largest absolute Gasteiger partial charge is 0.395 e. The van der Waals surface area contributed by atoms with Gasteiger partial charge in [-0.2, -0.15) is 0 Å². The average molecular weight is 258 g/mol. The van der Waals surface area contributed by atoms with Crippen molar-refractivity contribution in [1.82, 2.24) is 4.98 Å². The van der Waals surface area contributed by atoms with Crippen LogP contribution in [0.1, 0.15) is 12.8 Å². The van der Waals surface area contributed by atoms with Crippen LogP contribution in [0.25, 0.3) is 0 Å². The molecule has 7 heteroatoms. The molecule has 0 aromatic carbocycles. The summed E-state index contributed by atoms with van der Waals surface area (Å²) in [4.78, 5) is 16.2. The zero-order valence-electron chi connectivity index (χ0n) is 9.04. The van der Waals surface area contributed by atoms with Gasteiger partial charge in [-0.15, -0.1) is 0 Å². The number of aromatic nitrogens is 1. The highest BCUT2D eigenvalue weighted by molar-refractivity contribution is 6.29. The fourth-order valence-corrected chi connectivity index (χ4v) is 1.87. The summed E-state index contributed by atoms with van der Waals surface area (Å²) >= 11 is 5.77. The van der Waals surface area contributed by atoms with Crippen LogP contribution in [0.4, 0.5) is 11.5 Å². The van der Waals surface area contributed by atoms with E-state index in [2.05, 4.69) is 4.98 Å². The topological polar surface area (TPSA) is 79.5 Å². The van der Waals surface area contributed by atoms with Gasteiger partial charge in [0.05, 0.1) is 11.5 Å². The molecule has 1 aromatic heterocycles. The number of anilines is 1. The van der Waals surface area contributed by atoms with E-state index in [-0.39, 0.29) is 29.3 Å². The standard InChI is InChI=1S/C10H12ClN3O3/c11-9-4-3-8(14(16)17)10(12-9)13(5-6-15)7-1-2-7/h3-4,7,15H,1-2,5-6H2. The lowest BCUT2D eigenvalue weighted by molar-refractivity contribution is -0.384. The highest BCUT2D eigenvalue weighted by Crippen LogP contribution is 2.35. The average Bonchev–Trinajstić information content (AvgIpc) is 3.09. The van der Waals surface area contributed by atoms with Gasteiger partial charge in [0.2, 0.25) is 5.82 Å². The molecule has 1 N–H and O–H groups in total. The minimum absolute atomic E-state index is 0.0676. The number of halogens is 1. The minimum atomic E-state index is -0.481. The molecule has 0 atom stereocenters. The first-order valence-corrected chi connectivity index (χ1v) is 5.69. The van der Waals surface area contributed by atoms with Crippen molar-refractivity contribution in [1.29, 1.82) is 0 Å². The Morgan fingerprint density at radius 1 is 1.59 bits per heavy atom. The number of rotatable bonds is 5. The number of pyridine rings is 1. The summed E-state index contributed by atoms with van der Waals surface area (Å²) in [7, 11) is 0. The molecule has 1 fully saturated rings. The van der Waals surface area contributed by atoms with Crippen LogP contribution in [-0.4, -0.2) is 34.2 Å². The lowest BCUT2D eigenvalue weighted by Crippen LogP contribution is -2.30. The van der Waals surface area contributed by atoms with E-state index >= 15 is 0 Å². The molecule has 1 heterocycles. The fourth-order valence-electron chi connectivity index (χ4n) is 1.73. The number of nitro groups is 1. The van der Waals surface area contributed by atoms with Gasteiger partial charge in [0, 0.05) is 18.7 Å². The molecule has 0 unspecified atom stereocenters. The SMILES string of the molecule is O=[N+]([O-])c1ccc(Cl)nc1N(CCO)C1CC1. The molecule has 17 heavy (non-hydrogen) atoms. The molecular formula is C10H12ClN3O3. The molecule has 1 saturated carbocycles. The van der Waals surface area contributed by atoms with Crippen molar-refractivity contribution in [2.24, 2.45) is 0 Å². The molecule has 1 aliphatic carbocycles. The molecule has 92 valence electrons. The van der Waals surface area contributed by atoms with Crippen molar-refractivity contribution >= 4 is 23.1 Å². The summed E-state index contributed by atoms with van der Waals surface area (Å²) in [6.07, 6.45) is 1.93. The molecule has 6 nitrogen and oxygen atoms in total. The fraction of sp³-hybridized carbons (Fsp3) is 0.500. The van der Waals surface area contributed by atoms with E-state index in [1.54, 1.807) is 4.90 Å². The Hall–Kier alpha value is -1.40. The Balaban J connectivity index is 2.39. The van der Waals surface area contributed by atoms with Crippen LogP contribution >= 0.6 is 11.6 Å². The van der Waals surface area contributed by atoms with Crippen LogP contribution in [0.5, 0.6) is 0 Å². The second-order valence-corrected chi connectivity index (χ2v) is 4.27. The molecule has 0 saturated heterocycles. The normalized spacial score (nSPS) is 14.7. The van der Waals surface area contributed by atoms with Crippen LogP contribution in [0.3, 0.4) is 0 Å². The van der Waals surface area contributed by atoms with Crippen LogP contribution < -0.4 is 4.90 Å². The van der Waals surface area contributed by atoms with Gasteiger partial charge in [-0.05, 0) is 18.9 Å². The van der Waals surface area contributed by atoms with Crippen molar-refractivity contribution in [3.05, 3.63) is 27.4 Å². The van der Waals surface area contributed by atoms with Crippen molar-refractivity contribution in [3.8, 4) is 0 Å². The Kier molecular flexibility index (Phi) is 3.44. The maximum Gasteiger partial charge on any atom is 0.311 e. The van der Waals surface area contributed by atoms with Gasteiger partial charge in [0.1, 0.15) is 5.15 Å². The molecular weight excluding hydrogens is 246 g/mol. The van der Waals surface area contributed by atoms with Crippen LogP contribution in [0.2, 0.25) is 5.15 Å². The number of hydrogen-bond donors (Lipinski definition) is 1. The maximum absolute atomic E-state index is 10.9. The van der Waals surface area contributed by atoms with Crippen molar-refractivity contribution in [3.63, 3.8) is 0 Å². The summed E-state index contributed by atoms with van der Waals surface area (Å²) in [6.45, 7) is 0.265. The van der Waals surface area contributed by atoms with Gasteiger partial charge in [0.15, 0.2) is 0 Å². The van der Waals surface area contributed by atoms with Crippen molar-refractivity contribution in [2.45, 2.75) is 18.9 Å². The molecule has 1 aliphatic rings. The van der Waals surface area contributed by atoms with Gasteiger partial charge in [-0.3, -0.25) is 10.1 Å². The Labute approximate surface area is 103 Å². The highest BCUT2D eigenvalue weighted by atomic mass is 35.5. The van der Waals surface area contributed by atoms with Gasteiger partial charge < -0.3 is 10.0 Å². The summed E-state index contributed by atoms with van der Waals surface area (Å²) < 4.78 is 0. The smallest absolute Gasteiger partial charge is 0.311 e. The third-order valence-corrected chi connectivity index (χ3v) is 2.83. The molecule has 0 radical (unpaired) electrons. The van der Waals surface area contributed by atoms with Crippen LogP contribution in [0, 0.1) is 10.1 Å². The first-order valence-electron chi connectivity index (χ1n) is 5.32. The molecule has 0 spiro atoms. The second-order valence-electron chi connectivity index (χ2n) is 3.88. The third-order valence-electron chi connectivity index (χ3n) is 2.62. The van der Waals surface area contributed by atoms with Crippen molar-refractivity contribution in [2.75, 3.05) is 18.1 Å². The first kappa shape index (κ1) is 12.1. The highest BCUT2D eigenvalue weighted by Gasteiger charge is 2.33. The Bertz CT molecular complexity index is 437. The summed E-state index contributed by atoms with van der Waals surface area (Å²) in [5, 5.41) is 20.1. The van der Waals surface area contributed by atoms with E-state index < -0.39 is 4.92 Å². The van der Waals surface area contributed by atoms with Crippen LogP contribution in [0.15, 0.2) is 12.1 Å². The molecule has 1 aromatic rings. The van der Waals surface area contributed by atoms with Gasteiger partial charge in [-0.1, -0.05) is 11.6 Å². The van der Waals surface area contributed by atoms with E-state index in [4.69, 9.17) is 16.7 Å². The number of aliphatic hydroxyl groups excluding tert-OH is 1. The Morgan fingerprint density at radius 3 is 2.82 bits per heavy atom. The quantitative estimate of drug-likeness (QED) is 0.492. The molecule has 0 amide bonds. The second kappa shape index (κ2) is 4.85. The van der Waals surface area contributed by atoms with Gasteiger partial charge >= 0.3 is 5.69 Å². The maximum atomic E-state index is 10.9. The van der Waals surface area contributed by atoms with E-state index in [1.807, 2.05) is 0 Å². The van der Waals surface area contributed by atoms with E-state index in [0.29, 0.717) is 6.54 Å². The lowest BCUT2D eigenvalue weighted by atomic mass is 10.3. The minimum Gasteiger partial charge on any atom is -0.395 e. The predicted octanol–water partition coefficient (Wildman–Crippen LogP) is 1.60.